The van der Waals surface area contributed by atoms with Gasteiger partial charge in [0.1, 0.15) is 30.2 Å². The molecule has 2 aromatic heterocycles. The average Bonchev–Trinajstić information content (AvgIpc) is 3.35. The Labute approximate surface area is 189 Å². The Morgan fingerprint density at radius 2 is 2.12 bits per heavy atom. The molecule has 2 aliphatic heterocycles. The number of hydrogen-bond donors (Lipinski definition) is 3. The van der Waals surface area contributed by atoms with E-state index in [9.17, 15) is 10.2 Å². The minimum Gasteiger partial charge on any atom is -0.387 e. The summed E-state index contributed by atoms with van der Waals surface area (Å²) in [5.41, 5.74) is 7.54. The summed E-state index contributed by atoms with van der Waals surface area (Å²) in [6, 6.07) is 7.45. The number of benzene rings is 1. The first-order valence-electron chi connectivity index (χ1n) is 9.94. The van der Waals surface area contributed by atoms with E-state index in [1.165, 1.54) is 17.2 Å². The van der Waals surface area contributed by atoms with Gasteiger partial charge in [0, 0.05) is 11.4 Å². The lowest BCUT2D eigenvalue weighted by atomic mass is 10.1. The first-order valence-corrected chi connectivity index (χ1v) is 11.4. The molecule has 0 amide bonds. The van der Waals surface area contributed by atoms with Crippen molar-refractivity contribution in [1.82, 2.24) is 19.5 Å². The van der Waals surface area contributed by atoms with Crippen molar-refractivity contribution in [1.29, 1.82) is 0 Å². The first-order chi connectivity index (χ1) is 15.5. The van der Waals surface area contributed by atoms with Gasteiger partial charge in [-0.25, -0.2) is 15.0 Å². The molecule has 0 saturated carbocycles. The third-order valence-electron chi connectivity index (χ3n) is 5.35. The summed E-state index contributed by atoms with van der Waals surface area (Å²) in [6.45, 7) is 0.427. The molecule has 0 bridgehead atoms. The zero-order valence-corrected chi connectivity index (χ0v) is 18.3. The number of nitrogen functional groups attached to an aromatic ring is 1. The van der Waals surface area contributed by atoms with E-state index < -0.39 is 33.1 Å². The summed E-state index contributed by atoms with van der Waals surface area (Å²) in [5.74, 6) is 0.213. The zero-order chi connectivity index (χ0) is 22.2. The molecule has 11 nitrogen and oxygen atoms in total. The third-order valence-corrected chi connectivity index (χ3v) is 6.77. The highest BCUT2D eigenvalue weighted by atomic mass is 35.5. The quantitative estimate of drug-likeness (QED) is 0.463. The van der Waals surface area contributed by atoms with E-state index >= 15 is 0 Å². The van der Waals surface area contributed by atoms with Gasteiger partial charge < -0.3 is 34.3 Å². The molecule has 2 fully saturated rings. The van der Waals surface area contributed by atoms with Gasteiger partial charge in [-0.3, -0.25) is 4.57 Å². The van der Waals surface area contributed by atoms with Crippen molar-refractivity contribution in [3.8, 4) is 0 Å². The van der Waals surface area contributed by atoms with Crippen LogP contribution in [0.25, 0.3) is 11.2 Å². The fourth-order valence-corrected chi connectivity index (χ4v) is 5.06. The number of nitrogens with zero attached hydrogens (tertiary/aromatic N) is 4. The van der Waals surface area contributed by atoms with Gasteiger partial charge in [0.15, 0.2) is 17.7 Å². The molecule has 0 aliphatic carbocycles. The maximum absolute atomic E-state index is 10.6. The molecule has 1 aromatic carbocycles. The molecule has 2 saturated heterocycles. The van der Waals surface area contributed by atoms with Crippen molar-refractivity contribution < 1.29 is 28.5 Å². The largest absolute Gasteiger partial charge is 0.387 e. The Bertz CT molecular complexity index is 1110. The number of rotatable bonds is 5. The number of hydrogen-bond acceptors (Lipinski definition) is 10. The Hall–Kier alpha value is -1.95. The molecule has 3 aromatic rings. The van der Waals surface area contributed by atoms with Crippen molar-refractivity contribution in [2.75, 3.05) is 18.9 Å². The number of anilines is 1. The van der Waals surface area contributed by atoms with Crippen LogP contribution in [0.5, 0.6) is 0 Å². The van der Waals surface area contributed by atoms with Crippen LogP contribution in [0.3, 0.4) is 0 Å². The normalized spacial score (nSPS) is 30.7. The molecule has 32 heavy (non-hydrogen) atoms. The minimum absolute atomic E-state index is 0.0353. The maximum Gasteiger partial charge on any atom is 0.333 e. The van der Waals surface area contributed by atoms with Gasteiger partial charge in [-0.1, -0.05) is 23.7 Å². The number of halogens is 1. The predicted octanol–water partition coefficient (Wildman–Crippen LogP) is 2.10. The predicted molar refractivity (Wildman–Crippen MR) is 114 cm³/mol. The van der Waals surface area contributed by atoms with Crippen LogP contribution >= 0.6 is 20.2 Å². The van der Waals surface area contributed by atoms with E-state index in [1.807, 2.05) is 18.2 Å². The second-order valence-corrected chi connectivity index (χ2v) is 9.03. The van der Waals surface area contributed by atoms with Crippen LogP contribution in [0.15, 0.2) is 36.9 Å². The molecular formula is C19H21ClN5O6P. The highest BCUT2D eigenvalue weighted by Gasteiger charge is 2.45. The summed E-state index contributed by atoms with van der Waals surface area (Å²) >= 11 is 6.08. The molecule has 13 heteroatoms. The lowest BCUT2D eigenvalue weighted by molar-refractivity contribution is -0.0529. The topological polar surface area (TPSA) is 147 Å². The van der Waals surface area contributed by atoms with Crippen LogP contribution in [0.1, 0.15) is 24.3 Å². The van der Waals surface area contributed by atoms with Crippen molar-refractivity contribution >= 4 is 37.2 Å². The minimum atomic E-state index is -1.66. The zero-order valence-electron chi connectivity index (χ0n) is 16.7. The number of imidazole rings is 1. The van der Waals surface area contributed by atoms with E-state index in [-0.39, 0.29) is 18.5 Å². The number of nitrogens with two attached hydrogens (primary N) is 1. The van der Waals surface area contributed by atoms with Gasteiger partial charge in [0.25, 0.3) is 0 Å². The molecule has 6 atom stereocenters. The summed E-state index contributed by atoms with van der Waals surface area (Å²) < 4.78 is 24.7. The fraction of sp³-hybridized carbons (Fsp3) is 0.421. The maximum atomic E-state index is 10.6. The van der Waals surface area contributed by atoms with E-state index in [1.54, 1.807) is 6.07 Å². The number of ether oxygens (including phenoxy) is 1. The van der Waals surface area contributed by atoms with Gasteiger partial charge in [-0.2, -0.15) is 0 Å². The Balaban J connectivity index is 1.24. The molecule has 2 aliphatic rings. The Kier molecular flexibility index (Phi) is 6.24. The van der Waals surface area contributed by atoms with Gasteiger partial charge in [-0.15, -0.1) is 0 Å². The van der Waals surface area contributed by atoms with Crippen LogP contribution in [0.2, 0.25) is 5.02 Å². The van der Waals surface area contributed by atoms with E-state index in [0.29, 0.717) is 29.2 Å². The Morgan fingerprint density at radius 3 is 2.97 bits per heavy atom. The van der Waals surface area contributed by atoms with Crippen LogP contribution in [-0.4, -0.2) is 61.3 Å². The van der Waals surface area contributed by atoms with Crippen molar-refractivity contribution in [3.05, 3.63) is 47.5 Å². The molecule has 0 spiro atoms. The number of aliphatic hydroxyl groups is 2. The SMILES string of the molecule is Nc1ncnc2c1ncn2[C@@H]1O[C@H](COP2OCC[C@H](c3cccc(Cl)c3)O2)[C@@H](O)[C@H]1O. The Morgan fingerprint density at radius 1 is 1.25 bits per heavy atom. The second kappa shape index (κ2) is 9.12. The molecule has 0 radical (unpaired) electrons. The fourth-order valence-electron chi connectivity index (χ4n) is 3.71. The van der Waals surface area contributed by atoms with E-state index in [2.05, 4.69) is 15.0 Å². The second-order valence-electron chi connectivity index (χ2n) is 7.42. The van der Waals surface area contributed by atoms with E-state index in [4.69, 9.17) is 35.6 Å². The van der Waals surface area contributed by atoms with Gasteiger partial charge in [-0.05, 0) is 17.7 Å². The molecule has 4 N–H and O–H groups in total. The van der Waals surface area contributed by atoms with Crippen LogP contribution in [0, 0.1) is 0 Å². The molecular weight excluding hydrogens is 461 g/mol. The third kappa shape index (κ3) is 4.18. The summed E-state index contributed by atoms with van der Waals surface area (Å²) in [6.07, 6.45) is -0.950. The number of fused-ring (bicyclic) bond motifs is 1. The summed E-state index contributed by atoms with van der Waals surface area (Å²) in [4.78, 5) is 12.2. The number of aromatic nitrogens is 4. The molecule has 170 valence electrons. The van der Waals surface area contributed by atoms with Crippen LogP contribution in [-0.2, 0) is 18.3 Å². The molecule has 4 heterocycles. The lowest BCUT2D eigenvalue weighted by Gasteiger charge is -2.29. The first kappa shape index (κ1) is 21.9. The standard InChI is InChI=1S/C19H21ClN5O6P/c20-11-3-1-2-10(6-11)12-4-5-28-32(31-12)29-7-13-15(26)16(27)19(30-13)25-9-24-14-17(21)22-8-23-18(14)25/h1-3,6,8-9,12-13,15-16,19,26-27H,4-5,7H2,(H2,21,22,23)/t12-,13-,15-,16-,19-,32?/m1/s1. The summed E-state index contributed by atoms with van der Waals surface area (Å²) in [5, 5.41) is 21.7. The van der Waals surface area contributed by atoms with Crippen molar-refractivity contribution in [2.24, 2.45) is 0 Å². The highest BCUT2D eigenvalue weighted by molar-refractivity contribution is 7.41. The highest BCUT2D eigenvalue weighted by Crippen LogP contribution is 2.50. The van der Waals surface area contributed by atoms with Crippen molar-refractivity contribution in [3.63, 3.8) is 0 Å². The van der Waals surface area contributed by atoms with Crippen LogP contribution in [0.4, 0.5) is 5.82 Å². The lowest BCUT2D eigenvalue weighted by Crippen LogP contribution is -2.33. The summed E-state index contributed by atoms with van der Waals surface area (Å²) in [7, 11) is -1.66. The average molecular weight is 482 g/mol. The van der Waals surface area contributed by atoms with Gasteiger partial charge in [0.05, 0.1) is 25.6 Å². The molecule has 1 unspecified atom stereocenters. The molecule has 5 rings (SSSR count). The van der Waals surface area contributed by atoms with Gasteiger partial charge in [0.2, 0.25) is 0 Å². The smallest absolute Gasteiger partial charge is 0.333 e. The van der Waals surface area contributed by atoms with E-state index in [0.717, 1.165) is 5.56 Å². The van der Waals surface area contributed by atoms with Crippen molar-refractivity contribution in [2.45, 2.75) is 37.1 Å². The monoisotopic (exact) mass is 481 g/mol. The number of aliphatic hydroxyl groups excluding tert-OH is 2. The van der Waals surface area contributed by atoms with Crippen LogP contribution < -0.4 is 5.73 Å². The van der Waals surface area contributed by atoms with Gasteiger partial charge >= 0.3 is 8.60 Å².